The van der Waals surface area contributed by atoms with Crippen molar-refractivity contribution in [3.63, 3.8) is 0 Å². The third-order valence-electron chi connectivity index (χ3n) is 4.59. The monoisotopic (exact) mass is 489 g/mol. The van der Waals surface area contributed by atoms with E-state index in [0.29, 0.717) is 6.42 Å². The Kier molecular flexibility index (Phi) is 6.37. The number of carbonyl (C=O) groups excluding carboxylic acids is 1. The first-order valence-electron chi connectivity index (χ1n) is 9.02. The molecule has 0 spiro atoms. The van der Waals surface area contributed by atoms with Gasteiger partial charge in [-0.2, -0.15) is 0 Å². The molecule has 1 atom stereocenters. The maximum Gasteiger partial charge on any atom is 0.232 e. The van der Waals surface area contributed by atoms with Gasteiger partial charge in [-0.05, 0) is 81.3 Å². The van der Waals surface area contributed by atoms with Crippen molar-refractivity contribution < 1.29 is 4.79 Å². The molecule has 3 aromatic rings. The van der Waals surface area contributed by atoms with Gasteiger partial charge in [0.25, 0.3) is 0 Å². The van der Waals surface area contributed by atoms with Crippen LogP contribution in [0.5, 0.6) is 0 Å². The van der Waals surface area contributed by atoms with Gasteiger partial charge in [-0.3, -0.25) is 4.79 Å². The topological polar surface area (TPSA) is 29.1 Å². The molecule has 1 aromatic heterocycles. The summed E-state index contributed by atoms with van der Waals surface area (Å²) in [5.41, 5.74) is 3.27. The number of nitrogens with one attached hydrogen (secondary N) is 1. The average molecular weight is 489 g/mol. The van der Waals surface area contributed by atoms with E-state index in [1.165, 1.54) is 10.4 Å². The fourth-order valence-electron chi connectivity index (χ4n) is 2.97. The van der Waals surface area contributed by atoms with Gasteiger partial charge in [0, 0.05) is 14.1 Å². The van der Waals surface area contributed by atoms with Gasteiger partial charge in [0.1, 0.15) is 0 Å². The van der Waals surface area contributed by atoms with Crippen LogP contribution < -0.4 is 5.32 Å². The summed E-state index contributed by atoms with van der Waals surface area (Å²) in [7, 11) is 0. The summed E-state index contributed by atoms with van der Waals surface area (Å²) in [5.74, 6) is -0.176. The molecular weight excluding hydrogens is 465 g/mol. The molecule has 0 aliphatic rings. The van der Waals surface area contributed by atoms with Crippen LogP contribution in [0.4, 0.5) is 5.69 Å². The fourth-order valence-corrected chi connectivity index (χ4v) is 4.08. The van der Waals surface area contributed by atoms with Crippen LogP contribution >= 0.6 is 33.9 Å². The molecule has 0 saturated carbocycles. The normalized spacial score (nSPS) is 12.6. The number of rotatable bonds is 5. The quantitative estimate of drug-likeness (QED) is 0.402. The lowest BCUT2D eigenvalue weighted by atomic mass is 9.85. The van der Waals surface area contributed by atoms with Crippen LogP contribution in [0.15, 0.2) is 66.0 Å². The summed E-state index contributed by atoms with van der Waals surface area (Å²) in [6.45, 7) is 6.61. The number of amides is 1. The third kappa shape index (κ3) is 5.42. The van der Waals surface area contributed by atoms with Gasteiger partial charge in [-0.15, -0.1) is 11.3 Å². The molecule has 0 saturated heterocycles. The summed E-state index contributed by atoms with van der Waals surface area (Å²) in [6, 6.07) is 20.5. The minimum absolute atomic E-state index is 0.0353. The molecule has 0 bridgehead atoms. The van der Waals surface area contributed by atoms with E-state index >= 15 is 0 Å². The second-order valence-corrected chi connectivity index (χ2v) is 9.98. The lowest BCUT2D eigenvalue weighted by Gasteiger charge is -2.21. The molecule has 140 valence electrons. The molecule has 1 N–H and O–H groups in total. The first-order chi connectivity index (χ1) is 12.8. The fraction of sp³-hybridized carbons (Fsp3) is 0.261. The van der Waals surface area contributed by atoms with Crippen molar-refractivity contribution in [2.45, 2.75) is 38.5 Å². The highest BCUT2D eigenvalue weighted by molar-refractivity contribution is 14.1. The number of thiophene rings is 1. The van der Waals surface area contributed by atoms with Crippen molar-refractivity contribution in [1.82, 2.24) is 0 Å². The summed E-state index contributed by atoms with van der Waals surface area (Å²) < 4.78 is 1.15. The maximum absolute atomic E-state index is 13.1. The first-order valence-corrected chi connectivity index (χ1v) is 11.0. The number of carbonyl (C=O) groups is 1. The van der Waals surface area contributed by atoms with Crippen LogP contribution in [0.2, 0.25) is 0 Å². The summed E-state index contributed by atoms with van der Waals surface area (Å²) >= 11 is 3.96. The van der Waals surface area contributed by atoms with Gasteiger partial charge in [0.2, 0.25) is 5.91 Å². The minimum Gasteiger partial charge on any atom is -0.326 e. The Morgan fingerprint density at radius 1 is 1.04 bits per heavy atom. The van der Waals surface area contributed by atoms with Gasteiger partial charge in [-0.25, -0.2) is 0 Å². The molecule has 1 amide bonds. The largest absolute Gasteiger partial charge is 0.326 e. The van der Waals surface area contributed by atoms with Crippen LogP contribution in [0, 0.1) is 3.57 Å². The van der Waals surface area contributed by atoms with Crippen LogP contribution in [0.25, 0.3) is 0 Å². The standard InChI is InChI=1S/C23H24INOS/c1-23(2,3)17-8-6-16(7-9-17)21(15-20-5-4-14-27-20)22(26)25-19-12-10-18(24)11-13-19/h4-14,21H,15H2,1-3H3,(H,25,26). The molecule has 27 heavy (non-hydrogen) atoms. The average Bonchev–Trinajstić information content (AvgIpc) is 3.14. The molecule has 1 unspecified atom stereocenters. The van der Waals surface area contributed by atoms with E-state index in [-0.39, 0.29) is 17.2 Å². The summed E-state index contributed by atoms with van der Waals surface area (Å²) in [6.07, 6.45) is 0.711. The van der Waals surface area contributed by atoms with E-state index < -0.39 is 0 Å². The Balaban J connectivity index is 1.86. The van der Waals surface area contributed by atoms with E-state index in [0.717, 1.165) is 14.8 Å². The van der Waals surface area contributed by atoms with Gasteiger partial charge in [0.15, 0.2) is 0 Å². The molecule has 2 nitrogen and oxygen atoms in total. The molecule has 0 aliphatic heterocycles. The number of benzene rings is 2. The van der Waals surface area contributed by atoms with Crippen molar-refractivity contribution in [1.29, 1.82) is 0 Å². The predicted molar refractivity (Wildman–Crippen MR) is 124 cm³/mol. The smallest absolute Gasteiger partial charge is 0.232 e. The maximum atomic E-state index is 13.1. The lowest BCUT2D eigenvalue weighted by Crippen LogP contribution is -2.23. The Labute approximate surface area is 179 Å². The van der Waals surface area contributed by atoms with E-state index in [4.69, 9.17) is 0 Å². The minimum atomic E-state index is -0.211. The summed E-state index contributed by atoms with van der Waals surface area (Å²) in [4.78, 5) is 14.3. The highest BCUT2D eigenvalue weighted by atomic mass is 127. The van der Waals surface area contributed by atoms with Gasteiger partial charge in [0.05, 0.1) is 5.92 Å². The summed E-state index contributed by atoms with van der Waals surface area (Å²) in [5, 5.41) is 5.15. The van der Waals surface area contributed by atoms with Gasteiger partial charge in [-0.1, -0.05) is 51.1 Å². The Morgan fingerprint density at radius 3 is 2.26 bits per heavy atom. The zero-order valence-corrected chi connectivity index (χ0v) is 18.8. The van der Waals surface area contributed by atoms with Crippen LogP contribution in [-0.4, -0.2) is 5.91 Å². The zero-order valence-electron chi connectivity index (χ0n) is 15.8. The third-order valence-corrected chi connectivity index (χ3v) is 6.21. The van der Waals surface area contributed by atoms with Crippen LogP contribution in [0.1, 0.15) is 42.7 Å². The molecular formula is C23H24INOS. The molecule has 0 aliphatic carbocycles. The number of anilines is 1. The van der Waals surface area contributed by atoms with Crippen molar-refractivity contribution in [3.8, 4) is 0 Å². The van der Waals surface area contributed by atoms with E-state index in [1.807, 2.05) is 30.3 Å². The molecule has 0 fully saturated rings. The van der Waals surface area contributed by atoms with E-state index in [1.54, 1.807) is 11.3 Å². The Morgan fingerprint density at radius 2 is 1.70 bits per heavy atom. The Bertz CT molecular complexity index is 878. The number of hydrogen-bond donors (Lipinski definition) is 1. The SMILES string of the molecule is CC(C)(C)c1ccc(C(Cc2cccs2)C(=O)Nc2ccc(I)cc2)cc1. The van der Waals surface area contributed by atoms with Crippen LogP contribution in [-0.2, 0) is 16.6 Å². The van der Waals surface area contributed by atoms with Gasteiger partial charge >= 0.3 is 0 Å². The van der Waals surface area contributed by atoms with Crippen LogP contribution in [0.3, 0.4) is 0 Å². The molecule has 3 rings (SSSR count). The lowest BCUT2D eigenvalue weighted by molar-refractivity contribution is -0.117. The molecule has 2 aromatic carbocycles. The highest BCUT2D eigenvalue weighted by Crippen LogP contribution is 2.28. The number of hydrogen-bond acceptors (Lipinski definition) is 2. The molecule has 1 heterocycles. The number of halogens is 1. The highest BCUT2D eigenvalue weighted by Gasteiger charge is 2.23. The predicted octanol–water partition coefficient (Wildman–Crippen LogP) is 6.62. The first kappa shape index (κ1) is 20.1. The molecule has 0 radical (unpaired) electrons. The van der Waals surface area contributed by atoms with Crippen molar-refractivity contribution >= 4 is 45.5 Å². The molecule has 4 heteroatoms. The van der Waals surface area contributed by atoms with E-state index in [9.17, 15) is 4.79 Å². The van der Waals surface area contributed by atoms with Gasteiger partial charge < -0.3 is 5.32 Å². The second-order valence-electron chi connectivity index (χ2n) is 7.70. The van der Waals surface area contributed by atoms with Crippen molar-refractivity contribution in [3.05, 3.63) is 85.6 Å². The Hall–Kier alpha value is -1.66. The zero-order chi connectivity index (χ0) is 19.4. The van der Waals surface area contributed by atoms with Crippen molar-refractivity contribution in [2.75, 3.05) is 5.32 Å². The second kappa shape index (κ2) is 8.57. The van der Waals surface area contributed by atoms with E-state index in [2.05, 4.69) is 84.4 Å². The van der Waals surface area contributed by atoms with Crippen molar-refractivity contribution in [2.24, 2.45) is 0 Å².